The van der Waals surface area contributed by atoms with E-state index >= 15 is 0 Å². The fourth-order valence-corrected chi connectivity index (χ4v) is 2.78. The van der Waals surface area contributed by atoms with Crippen LogP contribution in [0.3, 0.4) is 0 Å². The fourth-order valence-electron chi connectivity index (χ4n) is 2.78. The smallest absolute Gasteiger partial charge is 0.229 e. The van der Waals surface area contributed by atoms with Crippen LogP contribution in [0.15, 0.2) is 28.2 Å². The Hall–Kier alpha value is -2.30. The molecule has 3 rings (SSSR count). The fraction of sp³-hybridized carbons (Fsp3) is 0.412. The molecule has 2 aromatic heterocycles. The minimum absolute atomic E-state index is 0.00933. The maximum atomic E-state index is 12.2. The molecule has 2 heterocycles. The number of carbonyl (C=O) groups excluding carboxylic acids is 1. The van der Waals surface area contributed by atoms with Gasteiger partial charge in [0.2, 0.25) is 5.91 Å². The van der Waals surface area contributed by atoms with Gasteiger partial charge in [0.05, 0.1) is 0 Å². The molecule has 116 valence electrons. The quantitative estimate of drug-likeness (QED) is 0.834. The first kappa shape index (κ1) is 14.6. The summed E-state index contributed by atoms with van der Waals surface area (Å²) < 4.78 is 5.60. The molecular weight excluding hydrogens is 278 g/mol. The molecule has 0 saturated carbocycles. The van der Waals surface area contributed by atoms with E-state index in [-0.39, 0.29) is 5.91 Å². The maximum Gasteiger partial charge on any atom is 0.229 e. The van der Waals surface area contributed by atoms with E-state index in [9.17, 15) is 4.79 Å². The van der Waals surface area contributed by atoms with E-state index in [0.29, 0.717) is 12.2 Å². The lowest BCUT2D eigenvalue weighted by atomic mass is 9.97. The molecule has 2 N–H and O–H groups in total. The van der Waals surface area contributed by atoms with Crippen molar-refractivity contribution in [3.05, 3.63) is 35.1 Å². The molecule has 5 nitrogen and oxygen atoms in total. The van der Waals surface area contributed by atoms with Crippen LogP contribution in [0.4, 0.5) is 5.82 Å². The van der Waals surface area contributed by atoms with Crippen LogP contribution in [0, 0.1) is 13.8 Å². The highest BCUT2D eigenvalue weighted by Crippen LogP contribution is 2.28. The number of carbonyl (C=O) groups is 1. The summed E-state index contributed by atoms with van der Waals surface area (Å²) in [5.41, 5.74) is 2.93. The van der Waals surface area contributed by atoms with E-state index in [4.69, 9.17) is 4.42 Å². The maximum absolute atomic E-state index is 12.2. The number of rotatable bonds is 4. The van der Waals surface area contributed by atoms with Gasteiger partial charge in [-0.25, -0.2) is 0 Å². The molecule has 0 fully saturated rings. The molecule has 22 heavy (non-hydrogen) atoms. The van der Waals surface area contributed by atoms with Crippen molar-refractivity contribution >= 4 is 11.7 Å². The molecule has 0 unspecified atom stereocenters. The normalized spacial score (nSPS) is 14.7. The Kier molecular flexibility index (Phi) is 4.13. The number of aromatic nitrogens is 2. The van der Waals surface area contributed by atoms with Gasteiger partial charge in [0, 0.05) is 12.0 Å². The summed E-state index contributed by atoms with van der Waals surface area (Å²) in [6, 6.07) is 3.80. The van der Waals surface area contributed by atoms with Crippen LogP contribution in [-0.4, -0.2) is 16.1 Å². The first-order valence-electron chi connectivity index (χ1n) is 7.73. The van der Waals surface area contributed by atoms with Crippen LogP contribution in [0.1, 0.15) is 43.4 Å². The topological polar surface area (TPSA) is 70.9 Å². The highest BCUT2D eigenvalue weighted by molar-refractivity contribution is 5.92. The van der Waals surface area contributed by atoms with E-state index in [0.717, 1.165) is 35.6 Å². The Labute approximate surface area is 129 Å². The SMILES string of the molecule is Cc1ccc(-c2[nH]nc(NC(=O)CC3=CCCCC3)c2C)o1. The molecule has 1 amide bonds. The Balaban J connectivity index is 1.69. The van der Waals surface area contributed by atoms with Crippen molar-refractivity contribution in [2.75, 3.05) is 5.32 Å². The molecule has 0 radical (unpaired) electrons. The largest absolute Gasteiger partial charge is 0.460 e. The van der Waals surface area contributed by atoms with Gasteiger partial charge in [-0.2, -0.15) is 5.10 Å². The van der Waals surface area contributed by atoms with Crippen LogP contribution in [0.25, 0.3) is 11.5 Å². The standard InChI is InChI=1S/C17H21N3O2/c1-11-8-9-14(22-11)16-12(2)17(20-19-16)18-15(21)10-13-6-4-3-5-7-13/h6,8-9H,3-5,7,10H2,1-2H3,(H2,18,19,20,21). The van der Waals surface area contributed by atoms with E-state index in [1.165, 1.54) is 18.4 Å². The zero-order chi connectivity index (χ0) is 15.5. The van der Waals surface area contributed by atoms with Crippen molar-refractivity contribution in [2.45, 2.75) is 46.0 Å². The number of nitrogens with one attached hydrogen (secondary N) is 2. The molecule has 5 heteroatoms. The predicted molar refractivity (Wildman–Crippen MR) is 85.6 cm³/mol. The molecule has 0 bridgehead atoms. The average molecular weight is 299 g/mol. The van der Waals surface area contributed by atoms with E-state index in [1.807, 2.05) is 26.0 Å². The number of hydrogen-bond donors (Lipinski definition) is 2. The molecule has 1 aliphatic carbocycles. The van der Waals surface area contributed by atoms with Crippen molar-refractivity contribution in [3.8, 4) is 11.5 Å². The van der Waals surface area contributed by atoms with Crippen LogP contribution < -0.4 is 5.32 Å². The second-order valence-corrected chi connectivity index (χ2v) is 5.82. The Morgan fingerprint density at radius 3 is 2.91 bits per heavy atom. The molecule has 1 aliphatic rings. The van der Waals surface area contributed by atoms with Crippen molar-refractivity contribution < 1.29 is 9.21 Å². The van der Waals surface area contributed by atoms with Gasteiger partial charge in [0.1, 0.15) is 11.5 Å². The number of nitrogens with zero attached hydrogens (tertiary/aromatic N) is 1. The number of allylic oxidation sites excluding steroid dienone is 1. The molecule has 0 spiro atoms. The predicted octanol–water partition coefficient (Wildman–Crippen LogP) is 4.12. The second-order valence-electron chi connectivity index (χ2n) is 5.82. The summed E-state index contributed by atoms with van der Waals surface area (Å²) in [7, 11) is 0. The van der Waals surface area contributed by atoms with Crippen LogP contribution in [0.2, 0.25) is 0 Å². The third-order valence-electron chi connectivity index (χ3n) is 4.03. The number of hydrogen-bond acceptors (Lipinski definition) is 3. The third-order valence-corrected chi connectivity index (χ3v) is 4.03. The molecular formula is C17H21N3O2. The lowest BCUT2D eigenvalue weighted by molar-refractivity contribution is -0.115. The van der Waals surface area contributed by atoms with Crippen molar-refractivity contribution in [3.63, 3.8) is 0 Å². The van der Waals surface area contributed by atoms with Crippen LogP contribution in [0.5, 0.6) is 0 Å². The highest BCUT2D eigenvalue weighted by atomic mass is 16.3. The van der Waals surface area contributed by atoms with Gasteiger partial charge in [-0.15, -0.1) is 0 Å². The molecule has 2 aromatic rings. The van der Waals surface area contributed by atoms with Gasteiger partial charge in [0.25, 0.3) is 0 Å². The van der Waals surface area contributed by atoms with E-state index < -0.39 is 0 Å². The summed E-state index contributed by atoms with van der Waals surface area (Å²) in [5, 5.41) is 10.0. The third kappa shape index (κ3) is 3.13. The lowest BCUT2D eigenvalue weighted by Gasteiger charge is -2.12. The Bertz CT molecular complexity index is 709. The van der Waals surface area contributed by atoms with Crippen molar-refractivity contribution in [1.29, 1.82) is 0 Å². The van der Waals surface area contributed by atoms with Gasteiger partial charge in [-0.1, -0.05) is 11.6 Å². The Morgan fingerprint density at radius 2 is 2.23 bits per heavy atom. The second kappa shape index (κ2) is 6.22. The Morgan fingerprint density at radius 1 is 1.36 bits per heavy atom. The van der Waals surface area contributed by atoms with Gasteiger partial charge in [0.15, 0.2) is 11.6 Å². The lowest BCUT2D eigenvalue weighted by Crippen LogP contribution is -2.14. The van der Waals surface area contributed by atoms with Gasteiger partial charge in [-0.3, -0.25) is 9.89 Å². The number of aromatic amines is 1. The van der Waals surface area contributed by atoms with Gasteiger partial charge >= 0.3 is 0 Å². The summed E-state index contributed by atoms with van der Waals surface area (Å²) in [5.74, 6) is 2.15. The van der Waals surface area contributed by atoms with Crippen LogP contribution >= 0.6 is 0 Å². The van der Waals surface area contributed by atoms with Gasteiger partial charge < -0.3 is 9.73 Å². The first-order valence-corrected chi connectivity index (χ1v) is 7.73. The van der Waals surface area contributed by atoms with Crippen molar-refractivity contribution in [1.82, 2.24) is 10.2 Å². The first-order chi connectivity index (χ1) is 10.6. The van der Waals surface area contributed by atoms with Gasteiger partial charge in [-0.05, 0) is 51.7 Å². The molecule has 0 aromatic carbocycles. The number of anilines is 1. The zero-order valence-corrected chi connectivity index (χ0v) is 13.0. The minimum atomic E-state index is -0.00933. The number of furan rings is 1. The number of amides is 1. The monoisotopic (exact) mass is 299 g/mol. The van der Waals surface area contributed by atoms with Crippen LogP contribution in [-0.2, 0) is 4.79 Å². The molecule has 0 saturated heterocycles. The zero-order valence-electron chi connectivity index (χ0n) is 13.0. The molecule has 0 aliphatic heterocycles. The molecule has 0 atom stereocenters. The van der Waals surface area contributed by atoms with Crippen molar-refractivity contribution in [2.24, 2.45) is 0 Å². The average Bonchev–Trinajstić information content (AvgIpc) is 3.07. The number of aryl methyl sites for hydroxylation is 1. The summed E-state index contributed by atoms with van der Waals surface area (Å²) in [6.07, 6.45) is 7.19. The summed E-state index contributed by atoms with van der Waals surface area (Å²) >= 11 is 0. The number of H-pyrrole nitrogens is 1. The van der Waals surface area contributed by atoms with E-state index in [2.05, 4.69) is 21.6 Å². The minimum Gasteiger partial charge on any atom is -0.460 e. The summed E-state index contributed by atoms with van der Waals surface area (Å²) in [4.78, 5) is 12.2. The summed E-state index contributed by atoms with van der Waals surface area (Å²) in [6.45, 7) is 3.82. The van der Waals surface area contributed by atoms with E-state index in [1.54, 1.807) is 0 Å². The highest BCUT2D eigenvalue weighted by Gasteiger charge is 2.16.